The second-order valence-corrected chi connectivity index (χ2v) is 11.3. The van der Waals surface area contributed by atoms with Crippen molar-refractivity contribution in [3.8, 4) is 22.6 Å². The zero-order valence-corrected chi connectivity index (χ0v) is 22.7. The summed E-state index contributed by atoms with van der Waals surface area (Å²) < 4.78 is 6.04. The third kappa shape index (κ3) is 3.68. The van der Waals surface area contributed by atoms with Crippen molar-refractivity contribution in [3.63, 3.8) is 0 Å². The third-order valence-corrected chi connectivity index (χ3v) is 8.80. The average molecular weight is 509 g/mol. The highest BCUT2D eigenvalue weighted by atomic mass is 16.3. The number of anilines is 2. The summed E-state index contributed by atoms with van der Waals surface area (Å²) in [5, 5.41) is 0. The molecule has 0 fully saturated rings. The molecular formula is C36H32N2O. The summed E-state index contributed by atoms with van der Waals surface area (Å²) in [6, 6.07) is 32.7. The molecule has 3 heteroatoms. The van der Waals surface area contributed by atoms with Gasteiger partial charge in [-0.3, -0.25) is 0 Å². The fourth-order valence-electron chi connectivity index (χ4n) is 6.60. The fourth-order valence-corrected chi connectivity index (χ4v) is 6.60. The van der Waals surface area contributed by atoms with Crippen LogP contribution < -0.4 is 4.90 Å². The standard InChI is InChI=1S/C36H32N2O/c1-5-24-16-21-33(23(24)2)38(26-17-14-25(15-18-26)35-37-32-12-8-9-13-34(32)39-35)27-19-20-29-28-10-6-7-11-30(28)36(3,4)31(29)22-27/h5-20,22-23,33H,1,21H2,2-4H3/t23-,33-/m0/s1. The number of allylic oxidation sites excluding steroid dienone is 1. The van der Waals surface area contributed by atoms with Crippen molar-refractivity contribution in [2.24, 2.45) is 5.92 Å². The second-order valence-electron chi connectivity index (χ2n) is 11.3. The van der Waals surface area contributed by atoms with Gasteiger partial charge in [-0.15, -0.1) is 0 Å². The number of nitrogens with zero attached hydrogens (tertiary/aromatic N) is 2. The van der Waals surface area contributed by atoms with E-state index in [-0.39, 0.29) is 5.41 Å². The highest BCUT2D eigenvalue weighted by Gasteiger charge is 2.37. The Balaban J connectivity index is 1.31. The van der Waals surface area contributed by atoms with E-state index in [1.807, 2.05) is 30.3 Å². The van der Waals surface area contributed by atoms with Gasteiger partial charge < -0.3 is 9.32 Å². The first-order valence-electron chi connectivity index (χ1n) is 13.8. The molecule has 2 atom stereocenters. The lowest BCUT2D eigenvalue weighted by atomic mass is 9.82. The van der Waals surface area contributed by atoms with Gasteiger partial charge in [0.25, 0.3) is 0 Å². The van der Waals surface area contributed by atoms with Crippen molar-refractivity contribution in [1.82, 2.24) is 4.98 Å². The maximum absolute atomic E-state index is 6.04. The minimum Gasteiger partial charge on any atom is -0.436 e. The van der Waals surface area contributed by atoms with Gasteiger partial charge in [0.2, 0.25) is 5.89 Å². The Morgan fingerprint density at radius 2 is 1.59 bits per heavy atom. The number of rotatable bonds is 5. The molecule has 3 nitrogen and oxygen atoms in total. The van der Waals surface area contributed by atoms with Crippen LogP contribution in [0.2, 0.25) is 0 Å². The van der Waals surface area contributed by atoms with Crippen LogP contribution in [0.15, 0.2) is 120 Å². The first kappa shape index (κ1) is 23.7. The second kappa shape index (κ2) is 8.84. The van der Waals surface area contributed by atoms with E-state index in [0.717, 1.165) is 23.1 Å². The molecule has 7 rings (SSSR count). The SMILES string of the molecule is C=CC1=CC[C@H](N(c2ccc(-c3nc4ccccc4o3)cc2)c2ccc3c(c2)C(C)(C)c2ccccc2-3)[C@H]1C. The average Bonchev–Trinajstić information content (AvgIpc) is 3.62. The number of hydrogen-bond donors (Lipinski definition) is 0. The van der Waals surface area contributed by atoms with Gasteiger partial charge in [-0.25, -0.2) is 4.98 Å². The fraction of sp³-hybridized carbons (Fsp3) is 0.194. The number of benzene rings is 4. The summed E-state index contributed by atoms with van der Waals surface area (Å²) in [6.45, 7) is 11.1. The molecule has 2 aliphatic carbocycles. The molecule has 0 aliphatic heterocycles. The molecular weight excluding hydrogens is 476 g/mol. The molecule has 2 aliphatic rings. The minimum atomic E-state index is -0.0454. The lowest BCUT2D eigenvalue weighted by Gasteiger charge is -2.36. The Morgan fingerprint density at radius 1 is 0.872 bits per heavy atom. The largest absolute Gasteiger partial charge is 0.436 e. The molecule has 192 valence electrons. The highest BCUT2D eigenvalue weighted by Crippen LogP contribution is 2.50. The van der Waals surface area contributed by atoms with Gasteiger partial charge in [-0.05, 0) is 82.8 Å². The predicted molar refractivity (Wildman–Crippen MR) is 161 cm³/mol. The van der Waals surface area contributed by atoms with Crippen LogP contribution in [0.4, 0.5) is 11.4 Å². The molecule has 1 aromatic heterocycles. The molecule has 5 aromatic rings. The van der Waals surface area contributed by atoms with Crippen LogP contribution in [0, 0.1) is 5.92 Å². The van der Waals surface area contributed by atoms with Crippen LogP contribution in [-0.2, 0) is 5.41 Å². The lowest BCUT2D eigenvalue weighted by Crippen LogP contribution is -2.34. The van der Waals surface area contributed by atoms with Crippen molar-refractivity contribution < 1.29 is 4.42 Å². The van der Waals surface area contributed by atoms with Gasteiger partial charge in [0.1, 0.15) is 5.52 Å². The monoisotopic (exact) mass is 508 g/mol. The van der Waals surface area contributed by atoms with Crippen LogP contribution in [0.25, 0.3) is 33.7 Å². The van der Waals surface area contributed by atoms with Crippen LogP contribution in [0.3, 0.4) is 0 Å². The molecule has 0 radical (unpaired) electrons. The Hall–Kier alpha value is -4.37. The van der Waals surface area contributed by atoms with Crippen molar-refractivity contribution in [2.75, 3.05) is 4.90 Å². The smallest absolute Gasteiger partial charge is 0.227 e. The first-order chi connectivity index (χ1) is 19.0. The van der Waals surface area contributed by atoms with Gasteiger partial charge in [0.05, 0.1) is 0 Å². The summed E-state index contributed by atoms with van der Waals surface area (Å²) in [7, 11) is 0. The Labute approximate surface area is 230 Å². The molecule has 39 heavy (non-hydrogen) atoms. The summed E-state index contributed by atoms with van der Waals surface area (Å²) in [6.07, 6.45) is 5.34. The molecule has 0 saturated heterocycles. The van der Waals surface area contributed by atoms with Crippen LogP contribution in [-0.4, -0.2) is 11.0 Å². The van der Waals surface area contributed by atoms with E-state index in [9.17, 15) is 0 Å². The number of para-hydroxylation sites is 2. The Morgan fingerprint density at radius 3 is 2.36 bits per heavy atom. The van der Waals surface area contributed by atoms with E-state index < -0.39 is 0 Å². The van der Waals surface area contributed by atoms with Crippen molar-refractivity contribution in [1.29, 1.82) is 0 Å². The predicted octanol–water partition coefficient (Wildman–Crippen LogP) is 9.46. The Bertz CT molecular complexity index is 1720. The molecule has 0 N–H and O–H groups in total. The van der Waals surface area contributed by atoms with E-state index in [1.165, 1.54) is 39.2 Å². The van der Waals surface area contributed by atoms with Gasteiger partial charge in [-0.1, -0.05) is 82.0 Å². The highest BCUT2D eigenvalue weighted by molar-refractivity contribution is 5.84. The zero-order valence-electron chi connectivity index (χ0n) is 22.7. The molecule has 0 bridgehead atoms. The van der Waals surface area contributed by atoms with E-state index >= 15 is 0 Å². The van der Waals surface area contributed by atoms with E-state index in [0.29, 0.717) is 17.9 Å². The van der Waals surface area contributed by atoms with Crippen molar-refractivity contribution in [3.05, 3.63) is 126 Å². The number of fused-ring (bicyclic) bond motifs is 4. The van der Waals surface area contributed by atoms with Gasteiger partial charge >= 0.3 is 0 Å². The van der Waals surface area contributed by atoms with E-state index in [1.54, 1.807) is 0 Å². The molecule has 0 amide bonds. The van der Waals surface area contributed by atoms with Gasteiger partial charge in [-0.2, -0.15) is 0 Å². The maximum atomic E-state index is 6.04. The van der Waals surface area contributed by atoms with Crippen molar-refractivity contribution in [2.45, 2.75) is 38.6 Å². The maximum Gasteiger partial charge on any atom is 0.227 e. The molecule has 0 saturated carbocycles. The lowest BCUT2D eigenvalue weighted by molar-refractivity contribution is 0.552. The quantitative estimate of drug-likeness (QED) is 0.237. The Kier molecular flexibility index (Phi) is 5.38. The summed E-state index contributed by atoms with van der Waals surface area (Å²) in [5.41, 5.74) is 11.8. The van der Waals surface area contributed by atoms with Crippen LogP contribution in [0.1, 0.15) is 38.3 Å². The molecule has 0 unspecified atom stereocenters. The topological polar surface area (TPSA) is 29.3 Å². The van der Waals surface area contributed by atoms with Crippen LogP contribution >= 0.6 is 0 Å². The normalized spacial score (nSPS) is 19.0. The van der Waals surface area contributed by atoms with E-state index in [4.69, 9.17) is 9.40 Å². The molecule has 1 heterocycles. The summed E-state index contributed by atoms with van der Waals surface area (Å²) in [4.78, 5) is 7.22. The number of hydrogen-bond acceptors (Lipinski definition) is 3. The summed E-state index contributed by atoms with van der Waals surface area (Å²) >= 11 is 0. The number of oxazole rings is 1. The minimum absolute atomic E-state index is 0.0454. The summed E-state index contributed by atoms with van der Waals surface area (Å²) in [5.74, 6) is 1.02. The number of aromatic nitrogens is 1. The molecule has 0 spiro atoms. The van der Waals surface area contributed by atoms with Gasteiger partial charge in [0.15, 0.2) is 5.58 Å². The van der Waals surface area contributed by atoms with Crippen molar-refractivity contribution >= 4 is 22.5 Å². The third-order valence-electron chi connectivity index (χ3n) is 8.80. The zero-order chi connectivity index (χ0) is 26.7. The first-order valence-corrected chi connectivity index (χ1v) is 13.8. The molecule has 4 aromatic carbocycles. The van der Waals surface area contributed by atoms with Crippen LogP contribution in [0.5, 0.6) is 0 Å². The van der Waals surface area contributed by atoms with E-state index in [2.05, 4.69) is 105 Å². The van der Waals surface area contributed by atoms with Gasteiger partial charge in [0, 0.05) is 34.3 Å².